The van der Waals surface area contributed by atoms with E-state index in [0.717, 1.165) is 11.8 Å². The Morgan fingerprint density at radius 2 is 1.54 bits per heavy atom. The maximum Gasteiger partial charge on any atom is 0.266 e. The molecule has 6 rings (SSSR count). The summed E-state index contributed by atoms with van der Waals surface area (Å²) < 4.78 is 11.9. The predicted octanol–water partition coefficient (Wildman–Crippen LogP) is 6.70. The first kappa shape index (κ1) is 20.9. The number of carbonyl (C=O) groups excluding carboxylic acids is 2. The molecule has 0 N–H and O–H groups in total. The molecule has 170 valence electrons. The van der Waals surface area contributed by atoms with Crippen molar-refractivity contribution in [1.82, 2.24) is 0 Å². The first-order chi connectivity index (χ1) is 17.2. The number of ether oxygens (including phenoxy) is 2. The zero-order valence-electron chi connectivity index (χ0n) is 18.8. The van der Waals surface area contributed by atoms with Gasteiger partial charge in [0.1, 0.15) is 23.9 Å². The molecule has 1 heterocycles. The van der Waals surface area contributed by atoms with Crippen molar-refractivity contribution in [3.05, 3.63) is 120 Å². The van der Waals surface area contributed by atoms with Gasteiger partial charge in [-0.2, -0.15) is 0 Å². The van der Waals surface area contributed by atoms with Crippen LogP contribution in [-0.2, 0) is 0 Å². The van der Waals surface area contributed by atoms with Crippen molar-refractivity contribution in [1.29, 1.82) is 0 Å². The molecule has 0 unspecified atom stereocenters. The number of imide groups is 1. The van der Waals surface area contributed by atoms with E-state index >= 15 is 0 Å². The third-order valence-electron chi connectivity index (χ3n) is 6.16. The van der Waals surface area contributed by atoms with E-state index in [1.165, 1.54) is 10.5 Å². The van der Waals surface area contributed by atoms with Gasteiger partial charge in [-0.05, 0) is 72.0 Å². The van der Waals surface area contributed by atoms with E-state index in [0.29, 0.717) is 46.1 Å². The number of nitrogens with zero attached hydrogens (tertiary/aromatic N) is 1. The number of rotatable bonds is 6. The Morgan fingerprint density at radius 3 is 2.31 bits per heavy atom. The molecule has 0 atom stereocenters. The van der Waals surface area contributed by atoms with Gasteiger partial charge in [0.25, 0.3) is 11.8 Å². The summed E-state index contributed by atoms with van der Waals surface area (Å²) >= 11 is 0. The molecule has 0 spiro atoms. The van der Waals surface area contributed by atoms with Crippen molar-refractivity contribution in [3.63, 3.8) is 0 Å². The van der Waals surface area contributed by atoms with Crippen LogP contribution >= 0.6 is 0 Å². The lowest BCUT2D eigenvalue weighted by atomic mass is 9.93. The SMILES string of the molecule is O=C1c2cccc3cc(Oc4ccccc4)cc(c23)C(=O)N1c1ccc(OCC2=CC=CC2)cc1. The van der Waals surface area contributed by atoms with Crippen LogP contribution in [0.1, 0.15) is 27.1 Å². The maximum atomic E-state index is 13.6. The van der Waals surface area contributed by atoms with Gasteiger partial charge in [-0.15, -0.1) is 0 Å². The van der Waals surface area contributed by atoms with Gasteiger partial charge in [-0.25, -0.2) is 4.90 Å². The van der Waals surface area contributed by atoms with Gasteiger partial charge in [0.2, 0.25) is 0 Å². The normalized spacial score (nSPS) is 14.4. The molecule has 5 heteroatoms. The Balaban J connectivity index is 1.33. The summed E-state index contributed by atoms with van der Waals surface area (Å²) in [7, 11) is 0. The van der Waals surface area contributed by atoms with Gasteiger partial charge in [0, 0.05) is 10.9 Å². The number of amides is 2. The fourth-order valence-corrected chi connectivity index (χ4v) is 4.46. The lowest BCUT2D eigenvalue weighted by molar-refractivity contribution is 0.0893. The number of anilines is 1. The third-order valence-corrected chi connectivity index (χ3v) is 6.16. The average molecular weight is 460 g/mol. The minimum Gasteiger partial charge on any atom is -0.489 e. The Kier molecular flexibility index (Phi) is 5.15. The van der Waals surface area contributed by atoms with Crippen molar-refractivity contribution in [2.45, 2.75) is 6.42 Å². The van der Waals surface area contributed by atoms with Crippen molar-refractivity contribution in [2.75, 3.05) is 11.5 Å². The number of benzene rings is 4. The summed E-state index contributed by atoms with van der Waals surface area (Å²) in [4.78, 5) is 28.2. The Bertz CT molecular complexity index is 1520. The monoisotopic (exact) mass is 459 g/mol. The smallest absolute Gasteiger partial charge is 0.266 e. The van der Waals surface area contributed by atoms with E-state index in [4.69, 9.17) is 9.47 Å². The van der Waals surface area contributed by atoms with Gasteiger partial charge in [0.05, 0.1) is 11.3 Å². The minimum absolute atomic E-state index is 0.347. The molecule has 4 aromatic carbocycles. The second-order valence-corrected chi connectivity index (χ2v) is 8.48. The zero-order valence-corrected chi connectivity index (χ0v) is 18.8. The average Bonchev–Trinajstić information content (AvgIpc) is 3.41. The highest BCUT2D eigenvalue weighted by Gasteiger charge is 2.34. The molecule has 35 heavy (non-hydrogen) atoms. The molecule has 0 aromatic heterocycles. The zero-order chi connectivity index (χ0) is 23.8. The number of hydrogen-bond acceptors (Lipinski definition) is 4. The summed E-state index contributed by atoms with van der Waals surface area (Å²) in [5.74, 6) is 1.16. The van der Waals surface area contributed by atoms with E-state index < -0.39 is 0 Å². The fraction of sp³-hybridized carbons (Fsp3) is 0.0667. The van der Waals surface area contributed by atoms with Crippen LogP contribution in [0.15, 0.2) is 109 Å². The van der Waals surface area contributed by atoms with Crippen molar-refractivity contribution >= 4 is 28.3 Å². The number of carbonyl (C=O) groups is 2. The van der Waals surface area contributed by atoms with Crippen molar-refractivity contribution in [2.24, 2.45) is 0 Å². The summed E-state index contributed by atoms with van der Waals surface area (Å²) in [5, 5.41) is 1.43. The van der Waals surface area contributed by atoms with Crippen LogP contribution in [0.4, 0.5) is 5.69 Å². The summed E-state index contributed by atoms with van der Waals surface area (Å²) in [6.45, 7) is 0.507. The first-order valence-electron chi connectivity index (χ1n) is 11.4. The highest BCUT2D eigenvalue weighted by Crippen LogP contribution is 2.37. The Hall–Kier alpha value is -4.64. The number of hydrogen-bond donors (Lipinski definition) is 0. The number of para-hydroxylation sites is 1. The minimum atomic E-state index is -0.381. The Labute approximate surface area is 202 Å². The molecular weight excluding hydrogens is 438 g/mol. The summed E-state index contributed by atoms with van der Waals surface area (Å²) in [6.07, 6.45) is 7.05. The van der Waals surface area contributed by atoms with Crippen LogP contribution < -0.4 is 14.4 Å². The molecule has 0 bridgehead atoms. The van der Waals surface area contributed by atoms with Gasteiger partial charge < -0.3 is 9.47 Å². The van der Waals surface area contributed by atoms with Gasteiger partial charge in [-0.1, -0.05) is 48.6 Å². The molecule has 2 amide bonds. The standard InChI is InChI=1S/C30H21NO4/c32-29-26-12-6-9-21-17-25(35-24-10-2-1-3-11-24)18-27(28(21)26)30(33)31(29)22-13-15-23(16-14-22)34-19-20-7-4-5-8-20/h1-7,9-18H,8,19H2. The highest BCUT2D eigenvalue weighted by atomic mass is 16.5. The van der Waals surface area contributed by atoms with E-state index in [1.807, 2.05) is 60.7 Å². The molecule has 0 saturated carbocycles. The van der Waals surface area contributed by atoms with Gasteiger partial charge in [0.15, 0.2) is 0 Å². The lowest BCUT2D eigenvalue weighted by Crippen LogP contribution is -2.40. The molecule has 5 nitrogen and oxygen atoms in total. The summed E-state index contributed by atoms with van der Waals surface area (Å²) in [5.41, 5.74) is 2.62. The van der Waals surface area contributed by atoms with Crippen LogP contribution in [0.25, 0.3) is 10.8 Å². The molecule has 4 aromatic rings. The molecule has 0 radical (unpaired) electrons. The van der Waals surface area contributed by atoms with E-state index in [9.17, 15) is 9.59 Å². The van der Waals surface area contributed by atoms with Crippen molar-refractivity contribution in [3.8, 4) is 17.2 Å². The molecule has 0 saturated heterocycles. The second kappa shape index (κ2) is 8.61. The molecule has 1 aliphatic carbocycles. The van der Waals surface area contributed by atoms with Crippen LogP contribution in [0, 0.1) is 0 Å². The molecule has 0 fully saturated rings. The molecule has 2 aliphatic rings. The first-order valence-corrected chi connectivity index (χ1v) is 11.4. The van der Waals surface area contributed by atoms with E-state index in [1.54, 1.807) is 36.4 Å². The van der Waals surface area contributed by atoms with Gasteiger partial charge >= 0.3 is 0 Å². The quantitative estimate of drug-likeness (QED) is 0.301. The van der Waals surface area contributed by atoms with E-state index in [2.05, 4.69) is 6.08 Å². The fourth-order valence-electron chi connectivity index (χ4n) is 4.46. The van der Waals surface area contributed by atoms with Gasteiger partial charge in [-0.3, -0.25) is 9.59 Å². The third kappa shape index (κ3) is 3.87. The number of allylic oxidation sites excluding steroid dienone is 3. The topological polar surface area (TPSA) is 55.8 Å². The largest absolute Gasteiger partial charge is 0.489 e. The van der Waals surface area contributed by atoms with Crippen LogP contribution in [0.3, 0.4) is 0 Å². The van der Waals surface area contributed by atoms with Crippen LogP contribution in [-0.4, -0.2) is 18.4 Å². The van der Waals surface area contributed by atoms with Crippen molar-refractivity contribution < 1.29 is 19.1 Å². The maximum absolute atomic E-state index is 13.6. The lowest BCUT2D eigenvalue weighted by Gasteiger charge is -2.27. The highest BCUT2D eigenvalue weighted by molar-refractivity contribution is 6.36. The second-order valence-electron chi connectivity index (χ2n) is 8.48. The molecule has 1 aliphatic heterocycles. The van der Waals surface area contributed by atoms with Crippen LogP contribution in [0.5, 0.6) is 17.2 Å². The molecular formula is C30H21NO4. The summed E-state index contributed by atoms with van der Waals surface area (Å²) in [6, 6.07) is 25.5. The van der Waals surface area contributed by atoms with E-state index in [-0.39, 0.29) is 11.8 Å². The van der Waals surface area contributed by atoms with Crippen LogP contribution in [0.2, 0.25) is 0 Å². The predicted molar refractivity (Wildman–Crippen MR) is 135 cm³/mol. The Morgan fingerprint density at radius 1 is 0.743 bits per heavy atom.